The number of hydrogen-bond acceptors (Lipinski definition) is 13. The lowest BCUT2D eigenvalue weighted by atomic mass is 9.98. The Morgan fingerprint density at radius 3 is 2.26 bits per heavy atom. The smallest absolute Gasteiger partial charge is 0.490 e. The van der Waals surface area contributed by atoms with Crippen LogP contribution < -0.4 is 11.0 Å². The molecule has 1 fully saturated rings. The molecule has 1 saturated heterocycles. The molecule has 1 atom stereocenters. The number of thiophene rings is 1. The summed E-state index contributed by atoms with van der Waals surface area (Å²) >= 11 is 7.92. The Hall–Kier alpha value is -6.39. The zero-order valence-corrected chi connectivity index (χ0v) is 40.0. The van der Waals surface area contributed by atoms with E-state index in [1.807, 2.05) is 73.9 Å². The molecule has 8 rings (SSSR count). The summed E-state index contributed by atoms with van der Waals surface area (Å²) in [6, 6.07) is 17.8. The summed E-state index contributed by atoms with van der Waals surface area (Å²) in [4.78, 5) is 46.3. The van der Waals surface area contributed by atoms with Crippen molar-refractivity contribution in [2.75, 3.05) is 52.5 Å². The van der Waals surface area contributed by atoms with Crippen LogP contribution >= 0.6 is 22.9 Å². The first kappa shape index (κ1) is 50.5. The van der Waals surface area contributed by atoms with Crippen LogP contribution in [0, 0.1) is 20.8 Å². The van der Waals surface area contributed by atoms with Crippen LogP contribution in [0.2, 0.25) is 5.02 Å². The molecule has 5 N–H and O–H groups in total. The van der Waals surface area contributed by atoms with Gasteiger partial charge in [-0.15, -0.1) is 21.5 Å². The van der Waals surface area contributed by atoms with Gasteiger partial charge in [0.05, 0.1) is 36.6 Å². The summed E-state index contributed by atoms with van der Waals surface area (Å²) < 4.78 is 41.2. The first-order valence-corrected chi connectivity index (χ1v) is 23.3. The minimum atomic E-state index is -5.08. The van der Waals surface area contributed by atoms with Crippen molar-refractivity contribution in [3.8, 4) is 33.6 Å². The molecule has 0 radical (unpaired) electrons. The first-order chi connectivity index (χ1) is 32.8. The van der Waals surface area contributed by atoms with Gasteiger partial charge in [-0.3, -0.25) is 24.2 Å². The van der Waals surface area contributed by atoms with E-state index in [4.69, 9.17) is 31.2 Å². The second-order valence-corrected chi connectivity index (χ2v) is 18.6. The Morgan fingerprint density at radius 2 is 1.61 bits per heavy atom. The number of nitrogens with one attached hydrogen (secondary N) is 2. The monoisotopic (exact) mass is 992 g/mol. The zero-order valence-electron chi connectivity index (χ0n) is 38.5. The largest absolute Gasteiger partial charge is 0.508 e. The van der Waals surface area contributed by atoms with Crippen molar-refractivity contribution >= 4 is 40.5 Å². The molecule has 0 bridgehead atoms. The predicted octanol–water partition coefficient (Wildman–Crippen LogP) is 6.85. The fourth-order valence-electron chi connectivity index (χ4n) is 8.07. The van der Waals surface area contributed by atoms with Crippen LogP contribution in [0.15, 0.2) is 70.5 Å². The number of aromatic nitrogens is 6. The van der Waals surface area contributed by atoms with Gasteiger partial charge in [0.1, 0.15) is 28.4 Å². The van der Waals surface area contributed by atoms with E-state index in [-0.39, 0.29) is 35.6 Å². The number of hydrogen-bond donors (Lipinski definition) is 5. The van der Waals surface area contributed by atoms with Crippen molar-refractivity contribution < 1.29 is 42.8 Å². The Bertz CT molecular complexity index is 2890. The molecule has 3 aromatic heterocycles. The fraction of sp³-hybridized carbons (Fsp3) is 0.383. The van der Waals surface area contributed by atoms with Crippen LogP contribution in [0.5, 0.6) is 11.5 Å². The van der Waals surface area contributed by atoms with Crippen molar-refractivity contribution in [1.82, 2.24) is 44.6 Å². The number of piperazine rings is 1. The molecule has 0 unspecified atom stereocenters. The summed E-state index contributed by atoms with van der Waals surface area (Å²) in [6.45, 7) is 16.6. The number of ether oxygens (including phenoxy) is 1. The number of carboxylic acid groups (broad SMARTS) is 1. The number of carbonyl (C=O) groups excluding carboxylic acids is 1. The normalized spacial score (nSPS) is 15.2. The summed E-state index contributed by atoms with van der Waals surface area (Å²) in [5.74, 6) is -1.39. The van der Waals surface area contributed by atoms with Gasteiger partial charge in [0.25, 0.3) is 0 Å². The van der Waals surface area contributed by atoms with Gasteiger partial charge in [0, 0.05) is 72.9 Å². The van der Waals surface area contributed by atoms with Crippen molar-refractivity contribution in [1.29, 1.82) is 0 Å². The summed E-state index contributed by atoms with van der Waals surface area (Å²) in [6.07, 6.45) is -4.96. The lowest BCUT2D eigenvalue weighted by Gasteiger charge is -2.34. The number of benzene rings is 3. The Kier molecular flexibility index (Phi) is 15.7. The van der Waals surface area contributed by atoms with Gasteiger partial charge in [-0.1, -0.05) is 49.7 Å². The van der Waals surface area contributed by atoms with E-state index in [0.717, 1.165) is 78.1 Å². The number of H-pyrrole nitrogens is 1. The molecule has 1 amide bonds. The van der Waals surface area contributed by atoms with Crippen LogP contribution in [0.3, 0.4) is 0 Å². The predicted molar refractivity (Wildman–Crippen MR) is 254 cm³/mol. The molecule has 366 valence electrons. The van der Waals surface area contributed by atoms with Crippen LogP contribution in [0.1, 0.15) is 76.6 Å². The molecule has 5 heterocycles. The number of halogens is 4. The third-order valence-electron chi connectivity index (χ3n) is 11.8. The second-order valence-electron chi connectivity index (χ2n) is 16.9. The molecule has 0 saturated carbocycles. The number of carboxylic acids is 1. The van der Waals surface area contributed by atoms with E-state index in [9.17, 15) is 33.0 Å². The molecule has 0 spiro atoms. The van der Waals surface area contributed by atoms with E-state index in [1.54, 1.807) is 17.4 Å². The fourth-order valence-corrected chi connectivity index (χ4v) is 9.41. The van der Waals surface area contributed by atoms with Crippen LogP contribution in [0.4, 0.5) is 13.2 Å². The van der Waals surface area contributed by atoms with Crippen LogP contribution in [0.25, 0.3) is 22.1 Å². The van der Waals surface area contributed by atoms with E-state index >= 15 is 0 Å². The number of aromatic amines is 1. The number of fused-ring (bicyclic) bond motifs is 3. The van der Waals surface area contributed by atoms with Crippen LogP contribution in [-0.4, -0.2) is 131 Å². The van der Waals surface area contributed by atoms with Crippen molar-refractivity contribution in [3.05, 3.63) is 121 Å². The highest BCUT2D eigenvalue weighted by molar-refractivity contribution is 7.15. The summed E-state index contributed by atoms with van der Waals surface area (Å²) in [5, 5.41) is 48.4. The molecule has 17 nitrogen and oxygen atoms in total. The van der Waals surface area contributed by atoms with Gasteiger partial charge in [-0.25, -0.2) is 19.3 Å². The highest BCUT2D eigenvalue weighted by Gasteiger charge is 2.38. The molecular formula is C47H52ClF3N10O7S. The van der Waals surface area contributed by atoms with Gasteiger partial charge in [-0.05, 0) is 73.7 Å². The molecule has 0 aliphatic carbocycles. The van der Waals surface area contributed by atoms with E-state index in [0.29, 0.717) is 47.4 Å². The van der Waals surface area contributed by atoms with Crippen molar-refractivity contribution in [3.63, 3.8) is 0 Å². The summed E-state index contributed by atoms with van der Waals surface area (Å²) in [5.41, 5.74) is 6.23. The number of phenols is 2. The number of aliphatic carboxylic acids is 1. The maximum absolute atomic E-state index is 13.3. The first-order valence-electron chi connectivity index (χ1n) is 22.1. The van der Waals surface area contributed by atoms with Gasteiger partial charge in [-0.2, -0.15) is 18.3 Å². The van der Waals surface area contributed by atoms with E-state index in [1.165, 1.54) is 15.5 Å². The second kappa shape index (κ2) is 21.5. The molecule has 3 aromatic carbocycles. The third-order valence-corrected chi connectivity index (χ3v) is 13.3. The number of alkyl halides is 3. The molecule has 6 aromatic rings. The molecule has 69 heavy (non-hydrogen) atoms. The molecule has 2 aliphatic rings. The quantitative estimate of drug-likeness (QED) is 0.0709. The van der Waals surface area contributed by atoms with Crippen molar-refractivity contribution in [2.45, 2.75) is 65.7 Å². The number of aryl methyl sites for hydroxylation is 2. The number of aliphatic imine (C=N–C) groups is 1. The number of nitrogens with zero attached hydrogens (tertiary/aromatic N) is 8. The van der Waals surface area contributed by atoms with Gasteiger partial charge in [0.15, 0.2) is 11.6 Å². The van der Waals surface area contributed by atoms with Gasteiger partial charge >= 0.3 is 17.8 Å². The number of rotatable bonds is 14. The number of phenolic OH excluding ortho intramolecular Hbond substituents is 2. The third kappa shape index (κ3) is 11.7. The Balaban J connectivity index is 0.000000933. The highest BCUT2D eigenvalue weighted by Crippen LogP contribution is 2.40. The molecule has 22 heteroatoms. The lowest BCUT2D eigenvalue weighted by molar-refractivity contribution is -0.192. The topological polar surface area (TPSA) is 216 Å². The van der Waals surface area contributed by atoms with Crippen molar-refractivity contribution in [2.24, 2.45) is 4.99 Å². The van der Waals surface area contributed by atoms with Gasteiger partial charge < -0.3 is 25.4 Å². The minimum absolute atomic E-state index is 0.00318. The number of amides is 1. The SMILES string of the molecule is Cc1sc2c(c1C)C(c1ccc(Cl)cc1)=N[C@@H](CC(=O)NCCOCCN1CCN(Cc3ccc(-n4c(-c5cc(C(C)C)c(O)cc5O)n[nH]c4=O)cc3)CC1)c1nnc(C)n1-2.O=C(O)C(F)(F)F. The average molecular weight is 994 g/mol. The number of aromatic hydroxyl groups is 2. The zero-order chi connectivity index (χ0) is 49.7. The molecule has 2 aliphatic heterocycles. The van der Waals surface area contributed by atoms with E-state index in [2.05, 4.69) is 49.4 Å². The van der Waals surface area contributed by atoms with Crippen LogP contribution in [-0.2, 0) is 20.9 Å². The minimum Gasteiger partial charge on any atom is -0.508 e. The average Bonchev–Trinajstić information content (AvgIpc) is 3.94. The highest BCUT2D eigenvalue weighted by atomic mass is 35.5. The van der Waals surface area contributed by atoms with Gasteiger partial charge in [0.2, 0.25) is 5.91 Å². The Labute approximate surface area is 403 Å². The maximum atomic E-state index is 13.3. The standard InChI is InChI=1S/C45H51ClN10O5S.C2HF3O2/c1-26(2)34-22-35(38(58)24-37(34)57)42-50-52-45(60)56(42)33-12-6-30(7-13-33)25-54-17-15-53(16-18-54)19-21-61-20-14-47-39(59)23-36-43-51-49-29(5)55(43)44-40(27(3)28(4)62-44)41(48-36)31-8-10-32(46)11-9-31;3-2(4,5)1(6)7/h6-13,22,24,26,36,57-58H,14-21,23,25H2,1-5H3,(H,47,59)(H,52,60);(H,6,7)/t36-;/m0./s1. The Morgan fingerprint density at radius 1 is 0.942 bits per heavy atom. The molecular weight excluding hydrogens is 941 g/mol. The maximum Gasteiger partial charge on any atom is 0.490 e. The summed E-state index contributed by atoms with van der Waals surface area (Å²) in [7, 11) is 0. The van der Waals surface area contributed by atoms with E-state index < -0.39 is 23.9 Å². The lowest BCUT2D eigenvalue weighted by Crippen LogP contribution is -2.46. The number of carbonyl (C=O) groups is 2.